The van der Waals surface area contributed by atoms with Crippen LogP contribution >= 0.6 is 0 Å². The Bertz CT molecular complexity index is 2030. The summed E-state index contributed by atoms with van der Waals surface area (Å²) in [6.45, 7) is 3.05. The van der Waals surface area contributed by atoms with E-state index in [0.29, 0.717) is 11.5 Å². The lowest BCUT2D eigenvalue weighted by Gasteiger charge is -2.31. The van der Waals surface area contributed by atoms with E-state index in [1.807, 2.05) is 30.3 Å². The molecule has 1 saturated heterocycles. The standard InChI is InChI=1S/C34H28N6.C2HF3O2/c35-21-24-12-15-30-31(20-24)37-32(25-6-2-1-3-7-25)33(36-30)26-13-10-23(11-14-26)22-40-18-16-27(17-19-40)34-38-28-8-4-5-9-29(28)39-34;3-2(4,5)1(6)7/h1-15,20,27H,16-19,22H2,(H,38,39);(H,6,7). The van der Waals surface area contributed by atoms with Crippen LogP contribution in [0, 0.1) is 11.3 Å². The highest BCUT2D eigenvalue weighted by molar-refractivity contribution is 5.86. The van der Waals surface area contributed by atoms with Crippen LogP contribution in [0.1, 0.15) is 35.7 Å². The topological polar surface area (TPSA) is 119 Å². The third-order valence-electron chi connectivity index (χ3n) is 8.10. The van der Waals surface area contributed by atoms with E-state index >= 15 is 0 Å². The van der Waals surface area contributed by atoms with Crippen molar-refractivity contribution in [1.29, 1.82) is 5.26 Å². The van der Waals surface area contributed by atoms with Crippen LogP contribution in [0.25, 0.3) is 44.6 Å². The van der Waals surface area contributed by atoms with Gasteiger partial charge in [-0.05, 0) is 61.8 Å². The molecule has 0 saturated carbocycles. The van der Waals surface area contributed by atoms with Gasteiger partial charge in [0.2, 0.25) is 0 Å². The number of H-pyrrole nitrogens is 1. The van der Waals surface area contributed by atoms with Crippen LogP contribution in [0.5, 0.6) is 0 Å². The van der Waals surface area contributed by atoms with Gasteiger partial charge in [-0.3, -0.25) is 4.90 Å². The Kier molecular flexibility index (Phi) is 8.95. The molecule has 47 heavy (non-hydrogen) atoms. The van der Waals surface area contributed by atoms with Crippen molar-refractivity contribution in [1.82, 2.24) is 24.8 Å². The van der Waals surface area contributed by atoms with Crippen LogP contribution in [-0.4, -0.2) is 55.2 Å². The molecule has 1 aliphatic heterocycles. The minimum Gasteiger partial charge on any atom is -0.475 e. The van der Waals surface area contributed by atoms with Crippen molar-refractivity contribution >= 4 is 28.0 Å². The molecule has 7 rings (SSSR count). The molecule has 0 aliphatic carbocycles. The van der Waals surface area contributed by atoms with Gasteiger partial charge in [0.1, 0.15) is 5.82 Å². The molecule has 236 valence electrons. The molecule has 6 aromatic rings. The molecule has 0 amide bonds. The summed E-state index contributed by atoms with van der Waals surface area (Å²) in [6, 6.07) is 34.8. The number of piperidine rings is 1. The Morgan fingerprint density at radius 1 is 0.830 bits per heavy atom. The average Bonchev–Trinajstić information content (AvgIpc) is 3.53. The number of alkyl halides is 3. The zero-order valence-corrected chi connectivity index (χ0v) is 25.1. The molecule has 2 N–H and O–H groups in total. The second kappa shape index (κ2) is 13.4. The van der Waals surface area contributed by atoms with Gasteiger partial charge in [0, 0.05) is 23.6 Å². The number of carboxylic acid groups (broad SMARTS) is 1. The van der Waals surface area contributed by atoms with Gasteiger partial charge in [0.25, 0.3) is 0 Å². The molecular weight excluding hydrogens is 605 g/mol. The number of hydrogen-bond donors (Lipinski definition) is 2. The van der Waals surface area contributed by atoms with Crippen LogP contribution in [-0.2, 0) is 11.3 Å². The number of aliphatic carboxylic acids is 1. The molecule has 11 heteroatoms. The first-order chi connectivity index (χ1) is 22.7. The number of nitrogens with one attached hydrogen (secondary N) is 1. The Morgan fingerprint density at radius 2 is 1.45 bits per heavy atom. The number of halogens is 3. The fourth-order valence-electron chi connectivity index (χ4n) is 5.68. The molecule has 3 heterocycles. The Balaban J connectivity index is 0.000000499. The number of para-hydroxylation sites is 2. The molecule has 2 aromatic heterocycles. The van der Waals surface area contributed by atoms with E-state index in [9.17, 15) is 18.4 Å². The molecule has 0 spiro atoms. The fraction of sp³-hybridized carbons (Fsp3) is 0.194. The normalized spacial score (nSPS) is 14.0. The lowest BCUT2D eigenvalue weighted by Crippen LogP contribution is -2.32. The number of benzene rings is 4. The number of nitrogens with zero attached hydrogens (tertiary/aromatic N) is 5. The summed E-state index contributed by atoms with van der Waals surface area (Å²) in [5.41, 5.74) is 9.27. The van der Waals surface area contributed by atoms with E-state index in [4.69, 9.17) is 24.9 Å². The van der Waals surface area contributed by atoms with E-state index in [0.717, 1.165) is 82.9 Å². The first kappa shape index (κ1) is 31.4. The maximum absolute atomic E-state index is 10.6. The zero-order valence-electron chi connectivity index (χ0n) is 25.1. The van der Waals surface area contributed by atoms with E-state index in [2.05, 4.69) is 70.6 Å². The number of imidazole rings is 1. The summed E-state index contributed by atoms with van der Waals surface area (Å²) >= 11 is 0. The average molecular weight is 635 g/mol. The van der Waals surface area contributed by atoms with Crippen molar-refractivity contribution in [2.75, 3.05) is 13.1 Å². The van der Waals surface area contributed by atoms with Crippen LogP contribution in [0.4, 0.5) is 13.2 Å². The lowest BCUT2D eigenvalue weighted by molar-refractivity contribution is -0.192. The van der Waals surface area contributed by atoms with Crippen LogP contribution in [0.2, 0.25) is 0 Å². The van der Waals surface area contributed by atoms with Gasteiger partial charge >= 0.3 is 12.1 Å². The number of aromatic nitrogens is 4. The third kappa shape index (κ3) is 7.29. The molecule has 0 radical (unpaired) electrons. The maximum Gasteiger partial charge on any atom is 0.490 e. The molecule has 0 atom stereocenters. The molecular formula is C36H29F3N6O2. The summed E-state index contributed by atoms with van der Waals surface area (Å²) < 4.78 is 31.7. The second-order valence-corrected chi connectivity index (χ2v) is 11.3. The quantitative estimate of drug-likeness (QED) is 0.199. The summed E-state index contributed by atoms with van der Waals surface area (Å²) in [4.78, 5) is 29.8. The highest BCUT2D eigenvalue weighted by atomic mass is 19.4. The van der Waals surface area contributed by atoms with Gasteiger partial charge in [-0.25, -0.2) is 19.7 Å². The van der Waals surface area contributed by atoms with Gasteiger partial charge in [0.15, 0.2) is 0 Å². The number of carboxylic acids is 1. The number of nitriles is 1. The lowest BCUT2D eigenvalue weighted by atomic mass is 9.95. The van der Waals surface area contributed by atoms with Crippen molar-refractivity contribution in [3.63, 3.8) is 0 Å². The Morgan fingerprint density at radius 3 is 2.09 bits per heavy atom. The molecule has 8 nitrogen and oxygen atoms in total. The predicted octanol–water partition coefficient (Wildman–Crippen LogP) is 7.72. The number of carbonyl (C=O) groups is 1. The Hall–Kier alpha value is -5.60. The van der Waals surface area contributed by atoms with Crippen molar-refractivity contribution in [3.8, 4) is 28.6 Å². The number of hydrogen-bond acceptors (Lipinski definition) is 6. The first-order valence-electron chi connectivity index (χ1n) is 15.0. The number of aromatic amines is 1. The van der Waals surface area contributed by atoms with Gasteiger partial charge in [0.05, 0.1) is 45.1 Å². The number of likely N-dealkylation sites (tertiary alicyclic amines) is 1. The smallest absolute Gasteiger partial charge is 0.475 e. The van der Waals surface area contributed by atoms with Gasteiger partial charge in [-0.1, -0.05) is 66.7 Å². The SMILES string of the molecule is N#Cc1ccc2nc(-c3ccc(CN4CCC(c5nc6ccccc6[nH]5)CC4)cc3)c(-c3ccccc3)nc2c1.O=C(O)C(F)(F)F. The first-order valence-corrected chi connectivity index (χ1v) is 15.0. The fourth-order valence-corrected chi connectivity index (χ4v) is 5.68. The summed E-state index contributed by atoms with van der Waals surface area (Å²) in [5, 5.41) is 16.5. The van der Waals surface area contributed by atoms with E-state index in [1.54, 1.807) is 12.1 Å². The van der Waals surface area contributed by atoms with E-state index in [1.165, 1.54) is 5.56 Å². The summed E-state index contributed by atoms with van der Waals surface area (Å²) in [5.74, 6) is -1.15. The Labute approximate surface area is 268 Å². The van der Waals surface area contributed by atoms with Gasteiger partial charge in [-0.2, -0.15) is 18.4 Å². The summed E-state index contributed by atoms with van der Waals surface area (Å²) in [7, 11) is 0. The van der Waals surface area contributed by atoms with E-state index in [-0.39, 0.29) is 0 Å². The molecule has 1 fully saturated rings. The second-order valence-electron chi connectivity index (χ2n) is 11.3. The van der Waals surface area contributed by atoms with Crippen LogP contribution < -0.4 is 0 Å². The molecule has 0 unspecified atom stereocenters. The van der Waals surface area contributed by atoms with Gasteiger partial charge < -0.3 is 10.1 Å². The largest absolute Gasteiger partial charge is 0.490 e. The predicted molar refractivity (Wildman–Crippen MR) is 172 cm³/mol. The monoisotopic (exact) mass is 634 g/mol. The van der Waals surface area contributed by atoms with Crippen LogP contribution in [0.15, 0.2) is 97.1 Å². The van der Waals surface area contributed by atoms with Crippen molar-refractivity contribution in [2.24, 2.45) is 0 Å². The molecule has 1 aliphatic rings. The van der Waals surface area contributed by atoms with E-state index < -0.39 is 12.1 Å². The molecule has 0 bridgehead atoms. The van der Waals surface area contributed by atoms with Crippen molar-refractivity contribution in [3.05, 3.63) is 114 Å². The minimum atomic E-state index is -5.08. The van der Waals surface area contributed by atoms with Crippen molar-refractivity contribution < 1.29 is 23.1 Å². The highest BCUT2D eigenvalue weighted by Gasteiger charge is 2.38. The van der Waals surface area contributed by atoms with Crippen molar-refractivity contribution in [2.45, 2.75) is 31.5 Å². The third-order valence-corrected chi connectivity index (χ3v) is 8.10. The summed E-state index contributed by atoms with van der Waals surface area (Å²) in [6.07, 6.45) is -2.86. The minimum absolute atomic E-state index is 0.484. The highest BCUT2D eigenvalue weighted by Crippen LogP contribution is 2.32. The van der Waals surface area contributed by atoms with Crippen LogP contribution in [0.3, 0.4) is 0 Å². The zero-order chi connectivity index (χ0) is 33.0. The number of rotatable bonds is 5. The number of fused-ring (bicyclic) bond motifs is 2. The maximum atomic E-state index is 10.6. The molecule has 4 aromatic carbocycles. The van der Waals surface area contributed by atoms with Gasteiger partial charge in [-0.15, -0.1) is 0 Å².